The number of benzene rings is 3. The molecule has 0 unspecified atom stereocenters. The first-order valence-electron chi connectivity index (χ1n) is 13.8. The summed E-state index contributed by atoms with van der Waals surface area (Å²) in [5.74, 6) is 0.985. The quantitative estimate of drug-likeness (QED) is 0.274. The van der Waals surface area contributed by atoms with Crippen LogP contribution in [0.25, 0.3) is 16.9 Å². The summed E-state index contributed by atoms with van der Waals surface area (Å²) in [6.07, 6.45) is 3.52. The van der Waals surface area contributed by atoms with E-state index in [0.717, 1.165) is 24.1 Å². The van der Waals surface area contributed by atoms with Crippen molar-refractivity contribution in [1.29, 1.82) is 0 Å². The van der Waals surface area contributed by atoms with Crippen molar-refractivity contribution in [1.82, 2.24) is 14.5 Å². The Labute approximate surface area is 239 Å². The van der Waals surface area contributed by atoms with Crippen LogP contribution in [0.3, 0.4) is 0 Å². The third-order valence-electron chi connectivity index (χ3n) is 6.82. The summed E-state index contributed by atoms with van der Waals surface area (Å²) >= 11 is 0. The largest absolute Gasteiger partial charge is 0.497 e. The van der Waals surface area contributed by atoms with E-state index in [4.69, 9.17) is 19.2 Å². The molecular formula is C32H34N4O5. The molecule has 1 aliphatic rings. The van der Waals surface area contributed by atoms with Crippen molar-refractivity contribution in [2.24, 2.45) is 0 Å². The molecule has 1 N–H and O–H groups in total. The van der Waals surface area contributed by atoms with Gasteiger partial charge in [-0.3, -0.25) is 19.5 Å². The summed E-state index contributed by atoms with van der Waals surface area (Å²) in [5.41, 5.74) is 2.84. The number of imidazole rings is 1. The second-order valence-corrected chi connectivity index (χ2v) is 9.72. The van der Waals surface area contributed by atoms with E-state index in [0.29, 0.717) is 48.5 Å². The molecule has 2 heterocycles. The normalized spacial score (nSPS) is 14.4. The Hall–Kier alpha value is -4.63. The first kappa shape index (κ1) is 27.9. The second-order valence-electron chi connectivity index (χ2n) is 9.72. The number of nitrogens with one attached hydrogen (secondary N) is 1. The average Bonchev–Trinajstić information content (AvgIpc) is 3.67. The maximum Gasteiger partial charge on any atom is 0.254 e. The van der Waals surface area contributed by atoms with E-state index in [1.54, 1.807) is 31.4 Å². The van der Waals surface area contributed by atoms with Gasteiger partial charge in [-0.15, -0.1) is 0 Å². The summed E-state index contributed by atoms with van der Waals surface area (Å²) < 4.78 is 18.6. The average molecular weight is 555 g/mol. The minimum atomic E-state index is -0.369. The Kier molecular flexibility index (Phi) is 8.95. The molecule has 9 heteroatoms. The second kappa shape index (κ2) is 13.1. The Morgan fingerprint density at radius 2 is 1.85 bits per heavy atom. The Bertz CT molecular complexity index is 1480. The first-order valence-corrected chi connectivity index (χ1v) is 13.8. The van der Waals surface area contributed by atoms with Gasteiger partial charge in [0.1, 0.15) is 18.0 Å². The smallest absolute Gasteiger partial charge is 0.254 e. The van der Waals surface area contributed by atoms with Crippen molar-refractivity contribution in [3.8, 4) is 28.4 Å². The van der Waals surface area contributed by atoms with E-state index in [2.05, 4.69) is 5.32 Å². The van der Waals surface area contributed by atoms with Crippen molar-refractivity contribution >= 4 is 17.8 Å². The van der Waals surface area contributed by atoms with E-state index in [9.17, 15) is 9.59 Å². The van der Waals surface area contributed by atoms with Crippen LogP contribution in [0.15, 0.2) is 85.1 Å². The van der Waals surface area contributed by atoms with E-state index in [1.165, 1.54) is 4.90 Å². The molecule has 0 saturated carbocycles. The molecule has 0 bridgehead atoms. The van der Waals surface area contributed by atoms with E-state index < -0.39 is 0 Å². The number of rotatable bonds is 11. The fourth-order valence-electron chi connectivity index (χ4n) is 4.83. The zero-order chi connectivity index (χ0) is 28.6. The molecule has 41 heavy (non-hydrogen) atoms. The summed E-state index contributed by atoms with van der Waals surface area (Å²) in [6.45, 7) is 3.26. The number of hydrogen-bond donors (Lipinski definition) is 1. The highest BCUT2D eigenvalue weighted by Crippen LogP contribution is 2.26. The number of anilines is 1. The highest BCUT2D eigenvalue weighted by molar-refractivity contribution is 5.99. The molecule has 5 rings (SSSR count). The molecule has 0 aliphatic carbocycles. The predicted molar refractivity (Wildman–Crippen MR) is 157 cm³/mol. The highest BCUT2D eigenvalue weighted by Gasteiger charge is 2.26. The highest BCUT2D eigenvalue weighted by atomic mass is 16.5. The third kappa shape index (κ3) is 6.93. The molecule has 2 amide bonds. The summed E-state index contributed by atoms with van der Waals surface area (Å²) in [4.78, 5) is 33.4. The number of hydrogen-bond acceptors (Lipinski definition) is 6. The summed E-state index contributed by atoms with van der Waals surface area (Å²) in [7, 11) is 1.55. The van der Waals surface area contributed by atoms with Gasteiger partial charge in [0.25, 0.3) is 5.91 Å². The van der Waals surface area contributed by atoms with E-state index in [1.807, 2.05) is 72.3 Å². The third-order valence-corrected chi connectivity index (χ3v) is 6.82. The maximum absolute atomic E-state index is 13.6. The molecule has 0 spiro atoms. The van der Waals surface area contributed by atoms with Crippen LogP contribution in [0.1, 0.15) is 30.1 Å². The minimum Gasteiger partial charge on any atom is -0.497 e. The number of aromatic nitrogens is 2. The van der Waals surface area contributed by atoms with Gasteiger partial charge in [0.05, 0.1) is 31.2 Å². The lowest BCUT2D eigenvalue weighted by molar-refractivity contribution is -0.117. The molecule has 1 saturated heterocycles. The molecule has 4 aromatic rings. The molecule has 1 aromatic heterocycles. The van der Waals surface area contributed by atoms with Crippen LogP contribution < -0.4 is 14.8 Å². The van der Waals surface area contributed by atoms with Gasteiger partial charge < -0.3 is 19.1 Å². The molecule has 3 aromatic carbocycles. The van der Waals surface area contributed by atoms with Crippen LogP contribution in [0.2, 0.25) is 0 Å². The van der Waals surface area contributed by atoms with Crippen molar-refractivity contribution in [3.63, 3.8) is 0 Å². The molecule has 0 radical (unpaired) electrons. The fourth-order valence-corrected chi connectivity index (χ4v) is 4.83. The van der Waals surface area contributed by atoms with E-state index in [-0.39, 0.29) is 24.5 Å². The number of nitrogens with zero attached hydrogens (tertiary/aromatic N) is 3. The first-order chi connectivity index (χ1) is 20.0. The molecule has 1 atom stereocenters. The van der Waals surface area contributed by atoms with Gasteiger partial charge in [0, 0.05) is 36.5 Å². The van der Waals surface area contributed by atoms with Gasteiger partial charge in [0.15, 0.2) is 0 Å². The number of amides is 2. The Balaban J connectivity index is 1.42. The van der Waals surface area contributed by atoms with Gasteiger partial charge in [-0.05, 0) is 50.1 Å². The number of methoxy groups -OCH3 is 1. The maximum atomic E-state index is 13.6. The lowest BCUT2D eigenvalue weighted by Gasteiger charge is -2.25. The SMILES string of the molecule is CCOc1cccc(-n2cc(-c3ccccc3)nc2NC(=O)CN(C[C@H]2CCCO2)C(=O)c2cccc(OC)c2)c1. The predicted octanol–water partition coefficient (Wildman–Crippen LogP) is 5.21. The fraction of sp³-hybridized carbons (Fsp3) is 0.281. The van der Waals surface area contributed by atoms with Gasteiger partial charge in [-0.1, -0.05) is 42.5 Å². The van der Waals surface area contributed by atoms with Crippen LogP contribution in [0.5, 0.6) is 11.5 Å². The van der Waals surface area contributed by atoms with Crippen molar-refractivity contribution in [3.05, 3.63) is 90.6 Å². The molecule has 1 fully saturated rings. The van der Waals surface area contributed by atoms with Crippen LogP contribution in [0, 0.1) is 0 Å². The topological polar surface area (TPSA) is 94.9 Å². The molecule has 212 valence electrons. The van der Waals surface area contributed by atoms with Crippen LogP contribution >= 0.6 is 0 Å². The lowest BCUT2D eigenvalue weighted by Crippen LogP contribution is -2.42. The summed E-state index contributed by atoms with van der Waals surface area (Å²) in [5, 5.41) is 2.95. The number of ether oxygens (including phenoxy) is 3. The van der Waals surface area contributed by atoms with Crippen LogP contribution in [-0.4, -0.2) is 65.8 Å². The Morgan fingerprint density at radius 1 is 1.05 bits per heavy atom. The summed E-state index contributed by atoms with van der Waals surface area (Å²) in [6, 6.07) is 24.3. The lowest BCUT2D eigenvalue weighted by atomic mass is 10.1. The molecule has 9 nitrogen and oxygen atoms in total. The standard InChI is InChI=1S/C32H34N4O5/c1-3-40-27-15-8-13-25(19-27)36-21-29(23-10-5-4-6-11-23)33-32(36)34-30(37)22-35(20-28-16-9-17-41-28)31(38)24-12-7-14-26(18-24)39-2/h4-8,10-15,18-19,21,28H,3,9,16-17,20,22H2,1-2H3,(H,33,34,37)/t28-/m1/s1. The van der Waals surface area contributed by atoms with Gasteiger partial charge in [-0.2, -0.15) is 0 Å². The number of carbonyl (C=O) groups excluding carboxylic acids is 2. The zero-order valence-electron chi connectivity index (χ0n) is 23.3. The van der Waals surface area contributed by atoms with Crippen molar-refractivity contribution in [2.75, 3.05) is 38.7 Å². The van der Waals surface area contributed by atoms with Crippen molar-refractivity contribution in [2.45, 2.75) is 25.9 Å². The van der Waals surface area contributed by atoms with Crippen molar-refractivity contribution < 1.29 is 23.8 Å². The molecule has 1 aliphatic heterocycles. The number of carbonyl (C=O) groups is 2. The van der Waals surface area contributed by atoms with Gasteiger partial charge >= 0.3 is 0 Å². The minimum absolute atomic E-state index is 0.120. The monoisotopic (exact) mass is 554 g/mol. The van der Waals surface area contributed by atoms with Gasteiger partial charge in [0.2, 0.25) is 11.9 Å². The van der Waals surface area contributed by atoms with Crippen LogP contribution in [-0.2, 0) is 9.53 Å². The van der Waals surface area contributed by atoms with Gasteiger partial charge in [-0.25, -0.2) is 4.98 Å². The van der Waals surface area contributed by atoms with E-state index >= 15 is 0 Å². The zero-order valence-corrected chi connectivity index (χ0v) is 23.3. The van der Waals surface area contributed by atoms with Crippen LogP contribution in [0.4, 0.5) is 5.95 Å². The Morgan fingerprint density at radius 3 is 2.61 bits per heavy atom. The molecular weight excluding hydrogens is 520 g/mol.